The standard InChI is InChI=1S/C15H19N3O3/c1-10(2)13(19)5-7-17-15(20)12-8-14(21-18-12)11-4-3-6-16-9-11/h3-4,6,8-10,13,19H,5,7H2,1-2H3,(H,17,20). The topological polar surface area (TPSA) is 88.2 Å². The first-order valence-corrected chi connectivity index (χ1v) is 6.91. The van der Waals surface area contributed by atoms with Crippen molar-refractivity contribution in [2.24, 2.45) is 5.92 Å². The highest BCUT2D eigenvalue weighted by molar-refractivity contribution is 5.93. The highest BCUT2D eigenvalue weighted by Crippen LogP contribution is 2.18. The predicted molar refractivity (Wildman–Crippen MR) is 77.5 cm³/mol. The summed E-state index contributed by atoms with van der Waals surface area (Å²) in [4.78, 5) is 15.9. The van der Waals surface area contributed by atoms with Gasteiger partial charge in [0.2, 0.25) is 0 Å². The maximum Gasteiger partial charge on any atom is 0.273 e. The molecule has 1 amide bonds. The van der Waals surface area contributed by atoms with E-state index in [1.807, 2.05) is 19.9 Å². The molecule has 1 unspecified atom stereocenters. The van der Waals surface area contributed by atoms with E-state index in [0.717, 1.165) is 5.56 Å². The molecular formula is C15H19N3O3. The second kappa shape index (κ2) is 6.99. The molecule has 6 heteroatoms. The highest BCUT2D eigenvalue weighted by atomic mass is 16.5. The van der Waals surface area contributed by atoms with Crippen LogP contribution in [0.5, 0.6) is 0 Å². The molecule has 2 aromatic heterocycles. The van der Waals surface area contributed by atoms with Crippen molar-refractivity contribution in [2.75, 3.05) is 6.54 Å². The second-order valence-electron chi connectivity index (χ2n) is 5.17. The molecule has 21 heavy (non-hydrogen) atoms. The van der Waals surface area contributed by atoms with E-state index >= 15 is 0 Å². The van der Waals surface area contributed by atoms with Gasteiger partial charge in [0.25, 0.3) is 5.91 Å². The zero-order chi connectivity index (χ0) is 15.2. The van der Waals surface area contributed by atoms with Crippen LogP contribution in [0.2, 0.25) is 0 Å². The third-order valence-electron chi connectivity index (χ3n) is 3.18. The van der Waals surface area contributed by atoms with Crippen molar-refractivity contribution >= 4 is 5.91 Å². The molecule has 0 aliphatic heterocycles. The summed E-state index contributed by atoms with van der Waals surface area (Å²) >= 11 is 0. The van der Waals surface area contributed by atoms with Gasteiger partial charge < -0.3 is 14.9 Å². The molecule has 0 radical (unpaired) electrons. The first kappa shape index (κ1) is 15.2. The predicted octanol–water partition coefficient (Wildman–Crippen LogP) is 1.87. The number of hydrogen-bond donors (Lipinski definition) is 2. The molecule has 0 aromatic carbocycles. The Morgan fingerprint density at radius 2 is 2.29 bits per heavy atom. The SMILES string of the molecule is CC(C)C(O)CCNC(=O)c1cc(-c2cccnc2)on1. The Kier molecular flexibility index (Phi) is 5.05. The van der Waals surface area contributed by atoms with E-state index in [1.54, 1.807) is 24.5 Å². The Morgan fingerprint density at radius 3 is 2.95 bits per heavy atom. The van der Waals surface area contributed by atoms with Crippen molar-refractivity contribution in [3.63, 3.8) is 0 Å². The van der Waals surface area contributed by atoms with Gasteiger partial charge in [0.05, 0.1) is 6.10 Å². The van der Waals surface area contributed by atoms with Gasteiger partial charge in [0, 0.05) is 30.6 Å². The van der Waals surface area contributed by atoms with E-state index in [0.29, 0.717) is 18.7 Å². The van der Waals surface area contributed by atoms with Crippen LogP contribution in [0.3, 0.4) is 0 Å². The largest absolute Gasteiger partial charge is 0.393 e. The molecule has 112 valence electrons. The number of nitrogens with zero attached hydrogens (tertiary/aromatic N) is 2. The summed E-state index contributed by atoms with van der Waals surface area (Å²) in [5.41, 5.74) is 0.979. The van der Waals surface area contributed by atoms with E-state index < -0.39 is 6.10 Å². The van der Waals surface area contributed by atoms with Gasteiger partial charge in [-0.25, -0.2) is 0 Å². The average Bonchev–Trinajstić information content (AvgIpc) is 2.97. The number of rotatable bonds is 6. The second-order valence-corrected chi connectivity index (χ2v) is 5.17. The van der Waals surface area contributed by atoms with Crippen molar-refractivity contribution in [1.82, 2.24) is 15.5 Å². The van der Waals surface area contributed by atoms with Crippen molar-refractivity contribution in [1.29, 1.82) is 0 Å². The van der Waals surface area contributed by atoms with Crippen LogP contribution in [0.15, 0.2) is 35.1 Å². The van der Waals surface area contributed by atoms with E-state index in [1.165, 1.54) is 0 Å². The maximum absolute atomic E-state index is 11.9. The van der Waals surface area contributed by atoms with Crippen molar-refractivity contribution in [3.05, 3.63) is 36.3 Å². The molecule has 0 saturated heterocycles. The average molecular weight is 289 g/mol. The van der Waals surface area contributed by atoms with Crippen molar-refractivity contribution in [2.45, 2.75) is 26.4 Å². The minimum Gasteiger partial charge on any atom is -0.393 e. The molecule has 2 aromatic rings. The van der Waals surface area contributed by atoms with Gasteiger partial charge in [0.1, 0.15) is 0 Å². The molecule has 2 rings (SSSR count). The Labute approximate surface area is 123 Å². The van der Waals surface area contributed by atoms with E-state index in [4.69, 9.17) is 4.52 Å². The van der Waals surface area contributed by atoms with E-state index in [9.17, 15) is 9.90 Å². The maximum atomic E-state index is 11.9. The summed E-state index contributed by atoms with van der Waals surface area (Å²) in [7, 11) is 0. The van der Waals surface area contributed by atoms with Crippen LogP contribution >= 0.6 is 0 Å². The third-order valence-corrected chi connectivity index (χ3v) is 3.18. The van der Waals surface area contributed by atoms with Gasteiger partial charge in [-0.05, 0) is 24.5 Å². The van der Waals surface area contributed by atoms with Gasteiger partial charge in [-0.3, -0.25) is 9.78 Å². The molecule has 0 aliphatic rings. The summed E-state index contributed by atoms with van der Waals surface area (Å²) in [5.74, 6) is 0.353. The van der Waals surface area contributed by atoms with Crippen LogP contribution in [0, 0.1) is 5.92 Å². The van der Waals surface area contributed by atoms with Crippen LogP contribution < -0.4 is 5.32 Å². The lowest BCUT2D eigenvalue weighted by Crippen LogP contribution is -2.28. The van der Waals surface area contributed by atoms with Crippen LogP contribution in [0.4, 0.5) is 0 Å². The summed E-state index contributed by atoms with van der Waals surface area (Å²) < 4.78 is 5.14. The fourth-order valence-corrected chi connectivity index (χ4v) is 1.78. The Hall–Kier alpha value is -2.21. The van der Waals surface area contributed by atoms with Gasteiger partial charge >= 0.3 is 0 Å². The number of nitrogens with one attached hydrogen (secondary N) is 1. The number of carbonyl (C=O) groups excluding carboxylic acids is 1. The molecule has 0 bridgehead atoms. The fraction of sp³-hybridized carbons (Fsp3) is 0.400. The lowest BCUT2D eigenvalue weighted by Gasteiger charge is -2.13. The highest BCUT2D eigenvalue weighted by Gasteiger charge is 2.14. The quantitative estimate of drug-likeness (QED) is 0.847. The summed E-state index contributed by atoms with van der Waals surface area (Å²) in [6.45, 7) is 4.27. The minimum absolute atomic E-state index is 0.172. The monoisotopic (exact) mass is 289 g/mol. The third kappa shape index (κ3) is 4.13. The molecule has 0 spiro atoms. The number of pyridine rings is 1. The molecule has 2 heterocycles. The molecular weight excluding hydrogens is 270 g/mol. The van der Waals surface area contributed by atoms with Crippen LogP contribution in [0.25, 0.3) is 11.3 Å². The van der Waals surface area contributed by atoms with Gasteiger partial charge in [0.15, 0.2) is 11.5 Å². The first-order chi connectivity index (χ1) is 10.1. The lowest BCUT2D eigenvalue weighted by molar-refractivity contribution is 0.0912. The molecule has 0 aliphatic carbocycles. The normalized spacial score (nSPS) is 12.4. The Bertz CT molecular complexity index is 581. The number of aliphatic hydroxyl groups is 1. The molecule has 6 nitrogen and oxygen atoms in total. The van der Waals surface area contributed by atoms with E-state index in [-0.39, 0.29) is 17.5 Å². The number of hydrogen-bond acceptors (Lipinski definition) is 5. The first-order valence-electron chi connectivity index (χ1n) is 6.91. The van der Waals surface area contributed by atoms with Gasteiger partial charge in [-0.2, -0.15) is 0 Å². The Balaban J connectivity index is 1.91. The zero-order valence-electron chi connectivity index (χ0n) is 12.1. The van der Waals surface area contributed by atoms with Crippen LogP contribution in [-0.4, -0.2) is 33.8 Å². The number of carbonyl (C=O) groups is 1. The van der Waals surface area contributed by atoms with Crippen molar-refractivity contribution in [3.8, 4) is 11.3 Å². The van der Waals surface area contributed by atoms with Gasteiger partial charge in [-0.1, -0.05) is 19.0 Å². The number of aromatic nitrogens is 2. The van der Waals surface area contributed by atoms with Crippen LogP contribution in [0.1, 0.15) is 30.8 Å². The van der Waals surface area contributed by atoms with Crippen molar-refractivity contribution < 1.29 is 14.4 Å². The molecule has 0 fully saturated rings. The summed E-state index contributed by atoms with van der Waals surface area (Å²) in [6, 6.07) is 5.18. The lowest BCUT2D eigenvalue weighted by atomic mass is 10.0. The molecule has 1 atom stereocenters. The number of amides is 1. The molecule has 0 saturated carbocycles. The zero-order valence-corrected chi connectivity index (χ0v) is 12.1. The van der Waals surface area contributed by atoms with E-state index in [2.05, 4.69) is 15.5 Å². The Morgan fingerprint density at radius 1 is 1.48 bits per heavy atom. The smallest absolute Gasteiger partial charge is 0.273 e. The molecule has 2 N–H and O–H groups in total. The van der Waals surface area contributed by atoms with Crippen LogP contribution in [-0.2, 0) is 0 Å². The summed E-state index contributed by atoms with van der Waals surface area (Å²) in [6.07, 6.45) is 3.39. The fourth-order valence-electron chi connectivity index (χ4n) is 1.78. The minimum atomic E-state index is -0.423. The summed E-state index contributed by atoms with van der Waals surface area (Å²) in [5, 5.41) is 16.1. The number of aliphatic hydroxyl groups excluding tert-OH is 1. The van der Waals surface area contributed by atoms with Gasteiger partial charge in [-0.15, -0.1) is 0 Å².